The van der Waals surface area contributed by atoms with E-state index in [4.69, 9.17) is 14.8 Å². The Hall–Kier alpha value is -1.73. The van der Waals surface area contributed by atoms with Crippen LogP contribution in [0.25, 0.3) is 0 Å². The van der Waals surface area contributed by atoms with E-state index >= 15 is 0 Å². The van der Waals surface area contributed by atoms with Gasteiger partial charge in [-0.15, -0.1) is 0 Å². The van der Waals surface area contributed by atoms with Crippen LogP contribution in [0.4, 0.5) is 11.4 Å². The highest BCUT2D eigenvalue weighted by Gasteiger charge is 2.30. The third-order valence-corrected chi connectivity index (χ3v) is 4.71. The summed E-state index contributed by atoms with van der Waals surface area (Å²) >= 11 is 0. The normalized spacial score (nSPS) is 13.7. The fourth-order valence-electron chi connectivity index (χ4n) is 1.78. The van der Waals surface area contributed by atoms with Crippen molar-refractivity contribution < 1.29 is 18.5 Å². The van der Waals surface area contributed by atoms with Crippen molar-refractivity contribution in [3.8, 4) is 0 Å². The van der Waals surface area contributed by atoms with E-state index in [1.54, 1.807) is 26.8 Å². The number of nitrogens with one attached hydrogen (secondary N) is 1. The van der Waals surface area contributed by atoms with Crippen LogP contribution in [0.15, 0.2) is 35.8 Å². The molecule has 9 heteroatoms. The molecule has 128 valence electrons. The van der Waals surface area contributed by atoms with Crippen LogP contribution >= 0.6 is 7.60 Å². The lowest BCUT2D eigenvalue weighted by Crippen LogP contribution is -2.15. The Morgan fingerprint density at radius 2 is 1.87 bits per heavy atom. The second-order valence-electron chi connectivity index (χ2n) is 4.67. The van der Waals surface area contributed by atoms with Gasteiger partial charge in [-0.2, -0.15) is 0 Å². The molecule has 23 heavy (non-hydrogen) atoms. The fraction of sp³-hybridized carbons (Fsp3) is 0.429. The van der Waals surface area contributed by atoms with Gasteiger partial charge in [0.2, 0.25) is 0 Å². The number of nitrogens with zero attached hydrogens (tertiary/aromatic N) is 1. The smallest absolute Gasteiger partial charge is 0.349 e. The van der Waals surface area contributed by atoms with Gasteiger partial charge in [-0.1, -0.05) is 0 Å². The van der Waals surface area contributed by atoms with Gasteiger partial charge in [0.1, 0.15) is 5.44 Å². The molecule has 0 saturated heterocycles. The highest BCUT2D eigenvalue weighted by molar-refractivity contribution is 7.58. The number of nitro benzene ring substituents is 1. The minimum absolute atomic E-state index is 0.0360. The zero-order valence-corrected chi connectivity index (χ0v) is 14.3. The molecule has 0 heterocycles. The number of nitrogens with two attached hydrogens (primary N) is 1. The number of nitro groups is 1. The van der Waals surface area contributed by atoms with Gasteiger partial charge in [0, 0.05) is 23.9 Å². The van der Waals surface area contributed by atoms with E-state index in [1.165, 1.54) is 24.3 Å². The summed E-state index contributed by atoms with van der Waals surface area (Å²) in [6, 6.07) is 5.32. The summed E-state index contributed by atoms with van der Waals surface area (Å²) in [5.41, 5.74) is 6.45. The van der Waals surface area contributed by atoms with Crippen LogP contribution in [-0.2, 0) is 13.6 Å². The number of rotatable bonds is 9. The van der Waals surface area contributed by atoms with Crippen molar-refractivity contribution in [2.75, 3.05) is 18.5 Å². The Balaban J connectivity index is 3.12. The molecular formula is C14H22N3O5P. The Morgan fingerprint density at radius 1 is 1.35 bits per heavy atom. The molecule has 0 radical (unpaired) electrons. The molecule has 1 unspecified atom stereocenters. The molecule has 8 nitrogen and oxygen atoms in total. The minimum Gasteiger partial charge on any atom is -0.349 e. The first-order valence-electron chi connectivity index (χ1n) is 7.21. The second-order valence-corrected chi connectivity index (χ2v) is 6.67. The first-order chi connectivity index (χ1) is 10.8. The van der Waals surface area contributed by atoms with Gasteiger partial charge in [0.15, 0.2) is 0 Å². The summed E-state index contributed by atoms with van der Waals surface area (Å²) in [7, 11) is -3.54. The van der Waals surface area contributed by atoms with Crippen molar-refractivity contribution in [3.63, 3.8) is 0 Å². The van der Waals surface area contributed by atoms with E-state index in [0.29, 0.717) is 5.69 Å². The Bertz CT molecular complexity index is 591. The van der Waals surface area contributed by atoms with E-state index in [2.05, 4.69) is 5.32 Å². The van der Waals surface area contributed by atoms with Gasteiger partial charge in [-0.05, 0) is 39.0 Å². The predicted octanol–water partition coefficient (Wildman–Crippen LogP) is 3.46. The molecule has 1 aromatic carbocycles. The first kappa shape index (κ1) is 19.3. The van der Waals surface area contributed by atoms with Crippen molar-refractivity contribution in [2.45, 2.75) is 26.8 Å². The summed E-state index contributed by atoms with van der Waals surface area (Å²) in [4.78, 5) is 10.2. The maximum atomic E-state index is 12.9. The van der Waals surface area contributed by atoms with Crippen LogP contribution in [0, 0.1) is 10.1 Å². The quantitative estimate of drug-likeness (QED) is 0.400. The Morgan fingerprint density at radius 3 is 2.26 bits per heavy atom. The number of benzene rings is 1. The molecule has 1 aromatic rings. The van der Waals surface area contributed by atoms with Crippen molar-refractivity contribution >= 4 is 19.0 Å². The highest BCUT2D eigenvalue weighted by atomic mass is 31.2. The van der Waals surface area contributed by atoms with Crippen LogP contribution in [0.2, 0.25) is 0 Å². The average molecular weight is 343 g/mol. The molecular weight excluding hydrogens is 321 g/mol. The maximum Gasteiger partial charge on any atom is 0.377 e. The van der Waals surface area contributed by atoms with E-state index < -0.39 is 12.5 Å². The third kappa shape index (κ3) is 5.76. The summed E-state index contributed by atoms with van der Waals surface area (Å²) in [5.74, 6) is 0. The van der Waals surface area contributed by atoms with Crippen molar-refractivity contribution in [1.29, 1.82) is 0 Å². The van der Waals surface area contributed by atoms with Gasteiger partial charge >= 0.3 is 7.60 Å². The summed E-state index contributed by atoms with van der Waals surface area (Å²) in [6.45, 7) is 5.55. The average Bonchev–Trinajstić information content (AvgIpc) is 2.47. The van der Waals surface area contributed by atoms with E-state index in [-0.39, 0.29) is 30.4 Å². The molecule has 1 atom stereocenters. The molecule has 1 rings (SSSR count). The number of non-ortho nitro benzene ring substituents is 1. The second kappa shape index (κ2) is 8.79. The molecule has 0 aliphatic rings. The maximum absolute atomic E-state index is 12.9. The lowest BCUT2D eigenvalue weighted by atomic mass is 10.3. The molecule has 3 N–H and O–H groups in total. The van der Waals surface area contributed by atoms with Crippen molar-refractivity contribution in [2.24, 2.45) is 5.73 Å². The molecule has 0 bridgehead atoms. The molecule has 0 amide bonds. The zero-order valence-electron chi connectivity index (χ0n) is 13.4. The molecule has 0 spiro atoms. The molecule has 0 fully saturated rings. The Labute approximate surface area is 135 Å². The number of hydrogen-bond donors (Lipinski definition) is 2. The molecule has 0 saturated carbocycles. The monoisotopic (exact) mass is 343 g/mol. The van der Waals surface area contributed by atoms with Gasteiger partial charge in [-0.25, -0.2) is 0 Å². The van der Waals surface area contributed by atoms with Crippen molar-refractivity contribution in [3.05, 3.63) is 45.9 Å². The topological polar surface area (TPSA) is 117 Å². The van der Waals surface area contributed by atoms with Crippen LogP contribution in [0.3, 0.4) is 0 Å². The lowest BCUT2D eigenvalue weighted by Gasteiger charge is -2.22. The molecule has 0 aliphatic carbocycles. The first-order valence-corrected chi connectivity index (χ1v) is 8.75. The SMILES string of the molecule is CCOP(=O)(OCC)/C(=C/C(C)N)Nc1ccc([N+](=O)[O-])cc1. The van der Waals surface area contributed by atoms with Gasteiger partial charge in [0.05, 0.1) is 18.1 Å². The zero-order chi connectivity index (χ0) is 17.5. The largest absolute Gasteiger partial charge is 0.377 e. The lowest BCUT2D eigenvalue weighted by molar-refractivity contribution is -0.384. The van der Waals surface area contributed by atoms with Crippen LogP contribution in [-0.4, -0.2) is 24.2 Å². The third-order valence-electron chi connectivity index (χ3n) is 2.66. The predicted molar refractivity (Wildman–Crippen MR) is 89.3 cm³/mol. The molecule has 0 aromatic heterocycles. The van der Waals surface area contributed by atoms with E-state index in [1.807, 2.05) is 0 Å². The summed E-state index contributed by atoms with van der Waals surface area (Å²) in [6.07, 6.45) is 1.55. The van der Waals surface area contributed by atoms with E-state index in [0.717, 1.165) is 0 Å². The Kier molecular flexibility index (Phi) is 7.38. The van der Waals surface area contributed by atoms with Crippen molar-refractivity contribution in [1.82, 2.24) is 0 Å². The van der Waals surface area contributed by atoms with Gasteiger partial charge in [-0.3, -0.25) is 14.7 Å². The highest BCUT2D eigenvalue weighted by Crippen LogP contribution is 2.55. The summed E-state index contributed by atoms with van der Waals surface area (Å²) < 4.78 is 23.5. The standard InChI is InChI=1S/C14H22N3O5P/c1-4-21-23(20,22-5-2)14(10-11(3)15)16-12-6-8-13(9-7-12)17(18)19/h6-11,16H,4-5,15H2,1-3H3/b14-10+. The van der Waals surface area contributed by atoms with Gasteiger partial charge < -0.3 is 20.1 Å². The minimum atomic E-state index is -3.54. The van der Waals surface area contributed by atoms with Crippen LogP contribution < -0.4 is 11.1 Å². The number of anilines is 1. The van der Waals surface area contributed by atoms with Crippen LogP contribution in [0.1, 0.15) is 20.8 Å². The van der Waals surface area contributed by atoms with E-state index in [9.17, 15) is 14.7 Å². The van der Waals surface area contributed by atoms with Gasteiger partial charge in [0.25, 0.3) is 5.69 Å². The fourth-order valence-corrected chi connectivity index (χ4v) is 3.50. The molecule has 0 aliphatic heterocycles. The summed E-state index contributed by atoms with van der Waals surface area (Å²) in [5, 5.41) is 13.6. The van der Waals surface area contributed by atoms with Crippen LogP contribution in [0.5, 0.6) is 0 Å². The number of hydrogen-bond acceptors (Lipinski definition) is 7.